The standard InChI is InChI=1S/C12H19NO3S/c1-17(14,15)10-4-9-16-12-6-3-2-5-11(12)7-8-13/h2-3,5-6H,4,7-10,13H2,1H3. The first-order valence-electron chi connectivity index (χ1n) is 5.61. The molecule has 0 atom stereocenters. The quantitative estimate of drug-likeness (QED) is 0.740. The van der Waals surface area contributed by atoms with Crippen molar-refractivity contribution in [2.45, 2.75) is 12.8 Å². The molecule has 0 spiro atoms. The van der Waals surface area contributed by atoms with E-state index in [9.17, 15) is 8.42 Å². The molecule has 4 nitrogen and oxygen atoms in total. The minimum Gasteiger partial charge on any atom is -0.493 e. The van der Waals surface area contributed by atoms with Crippen LogP contribution in [0.25, 0.3) is 0 Å². The van der Waals surface area contributed by atoms with Crippen molar-refractivity contribution in [1.29, 1.82) is 0 Å². The molecule has 0 radical (unpaired) electrons. The van der Waals surface area contributed by atoms with Crippen LogP contribution in [-0.4, -0.2) is 33.6 Å². The number of rotatable bonds is 7. The summed E-state index contributed by atoms with van der Waals surface area (Å²) in [6, 6.07) is 7.68. The molecule has 0 saturated heterocycles. The Kier molecular flexibility index (Phi) is 5.44. The van der Waals surface area contributed by atoms with Gasteiger partial charge >= 0.3 is 0 Å². The number of hydrogen-bond donors (Lipinski definition) is 1. The Bertz CT molecular complexity index is 443. The van der Waals surface area contributed by atoms with Gasteiger partial charge in [0.1, 0.15) is 15.6 Å². The molecule has 0 unspecified atom stereocenters. The molecule has 0 bridgehead atoms. The molecule has 0 amide bonds. The van der Waals surface area contributed by atoms with Gasteiger partial charge in [-0.25, -0.2) is 8.42 Å². The molecule has 1 aromatic rings. The van der Waals surface area contributed by atoms with E-state index in [1.165, 1.54) is 6.26 Å². The minimum absolute atomic E-state index is 0.159. The van der Waals surface area contributed by atoms with Gasteiger partial charge in [-0.05, 0) is 31.0 Å². The zero-order valence-electron chi connectivity index (χ0n) is 10.1. The number of para-hydroxylation sites is 1. The summed E-state index contributed by atoms with van der Waals surface area (Å²) in [6.07, 6.45) is 2.51. The molecule has 0 aromatic heterocycles. The molecule has 1 rings (SSSR count). The lowest BCUT2D eigenvalue weighted by Gasteiger charge is -2.10. The third-order valence-corrected chi connectivity index (χ3v) is 3.33. The van der Waals surface area contributed by atoms with Crippen LogP contribution in [0.1, 0.15) is 12.0 Å². The van der Waals surface area contributed by atoms with E-state index in [0.717, 1.165) is 17.7 Å². The SMILES string of the molecule is CS(=O)(=O)CCCOc1ccccc1CCN. The molecule has 0 aliphatic rings. The average Bonchev–Trinajstić information content (AvgIpc) is 2.25. The summed E-state index contributed by atoms with van der Waals surface area (Å²) in [5, 5.41) is 0. The zero-order chi connectivity index (χ0) is 12.7. The van der Waals surface area contributed by atoms with Gasteiger partial charge in [-0.15, -0.1) is 0 Å². The van der Waals surface area contributed by atoms with Crippen molar-refractivity contribution in [2.24, 2.45) is 5.73 Å². The van der Waals surface area contributed by atoms with E-state index < -0.39 is 9.84 Å². The number of sulfone groups is 1. The second kappa shape index (κ2) is 6.61. The Morgan fingerprint density at radius 3 is 2.65 bits per heavy atom. The predicted molar refractivity (Wildman–Crippen MR) is 69.0 cm³/mol. The lowest BCUT2D eigenvalue weighted by atomic mass is 10.1. The zero-order valence-corrected chi connectivity index (χ0v) is 10.9. The maximum Gasteiger partial charge on any atom is 0.147 e. The molecule has 0 fully saturated rings. The summed E-state index contributed by atoms with van der Waals surface area (Å²) in [5.41, 5.74) is 6.57. The Labute approximate surface area is 103 Å². The molecule has 5 heteroatoms. The molecular formula is C12H19NO3S. The Morgan fingerprint density at radius 2 is 2.00 bits per heavy atom. The largest absolute Gasteiger partial charge is 0.493 e. The normalized spacial score (nSPS) is 11.4. The van der Waals surface area contributed by atoms with Crippen molar-refractivity contribution in [3.05, 3.63) is 29.8 Å². The second-order valence-electron chi connectivity index (χ2n) is 3.98. The summed E-state index contributed by atoms with van der Waals surface area (Å²) in [7, 11) is -2.90. The van der Waals surface area contributed by atoms with Crippen LogP contribution in [0, 0.1) is 0 Å². The van der Waals surface area contributed by atoms with Crippen molar-refractivity contribution in [3.63, 3.8) is 0 Å². The molecule has 2 N–H and O–H groups in total. The van der Waals surface area contributed by atoms with E-state index in [4.69, 9.17) is 10.5 Å². The molecule has 0 saturated carbocycles. The summed E-state index contributed by atoms with van der Waals surface area (Å²) < 4.78 is 27.4. The first-order valence-corrected chi connectivity index (χ1v) is 7.67. The maximum absolute atomic E-state index is 10.9. The fourth-order valence-electron chi connectivity index (χ4n) is 1.51. The molecule has 0 heterocycles. The monoisotopic (exact) mass is 257 g/mol. The number of hydrogen-bond acceptors (Lipinski definition) is 4. The maximum atomic E-state index is 10.9. The van der Waals surface area contributed by atoms with Crippen LogP contribution in [0.15, 0.2) is 24.3 Å². The highest BCUT2D eigenvalue weighted by atomic mass is 32.2. The van der Waals surface area contributed by atoms with Crippen molar-refractivity contribution < 1.29 is 13.2 Å². The van der Waals surface area contributed by atoms with Crippen molar-refractivity contribution in [2.75, 3.05) is 25.2 Å². The van der Waals surface area contributed by atoms with Gasteiger partial charge in [0.25, 0.3) is 0 Å². The van der Waals surface area contributed by atoms with E-state index in [2.05, 4.69) is 0 Å². The third kappa shape index (κ3) is 5.70. The fraction of sp³-hybridized carbons (Fsp3) is 0.500. The highest BCUT2D eigenvalue weighted by Gasteiger charge is 2.04. The Hall–Kier alpha value is -1.07. The van der Waals surface area contributed by atoms with E-state index in [1.807, 2.05) is 24.3 Å². The van der Waals surface area contributed by atoms with Gasteiger partial charge in [0.2, 0.25) is 0 Å². The average molecular weight is 257 g/mol. The van der Waals surface area contributed by atoms with Gasteiger partial charge in [0.15, 0.2) is 0 Å². The van der Waals surface area contributed by atoms with Gasteiger partial charge in [-0.1, -0.05) is 18.2 Å². The van der Waals surface area contributed by atoms with Crippen LogP contribution in [0.3, 0.4) is 0 Å². The molecule has 1 aromatic carbocycles. The highest BCUT2D eigenvalue weighted by molar-refractivity contribution is 7.90. The van der Waals surface area contributed by atoms with Crippen LogP contribution < -0.4 is 10.5 Å². The van der Waals surface area contributed by atoms with Crippen molar-refractivity contribution in [1.82, 2.24) is 0 Å². The first-order chi connectivity index (χ1) is 8.03. The fourth-order valence-corrected chi connectivity index (χ4v) is 2.15. The molecule has 17 heavy (non-hydrogen) atoms. The number of nitrogens with two attached hydrogens (primary N) is 1. The highest BCUT2D eigenvalue weighted by Crippen LogP contribution is 2.18. The van der Waals surface area contributed by atoms with Gasteiger partial charge < -0.3 is 10.5 Å². The minimum atomic E-state index is -2.90. The van der Waals surface area contributed by atoms with Crippen LogP contribution in [0.5, 0.6) is 5.75 Å². The van der Waals surface area contributed by atoms with Crippen LogP contribution in [-0.2, 0) is 16.3 Å². The van der Waals surface area contributed by atoms with Crippen LogP contribution in [0.2, 0.25) is 0 Å². The lowest BCUT2D eigenvalue weighted by molar-refractivity contribution is 0.314. The molecular weight excluding hydrogens is 238 g/mol. The topological polar surface area (TPSA) is 69.4 Å². The van der Waals surface area contributed by atoms with E-state index in [1.54, 1.807) is 0 Å². The smallest absolute Gasteiger partial charge is 0.147 e. The van der Waals surface area contributed by atoms with Crippen LogP contribution in [0.4, 0.5) is 0 Å². The van der Waals surface area contributed by atoms with E-state index >= 15 is 0 Å². The summed E-state index contributed by atoms with van der Waals surface area (Å²) in [4.78, 5) is 0. The van der Waals surface area contributed by atoms with Gasteiger partial charge in [-0.2, -0.15) is 0 Å². The van der Waals surface area contributed by atoms with Gasteiger partial charge in [0.05, 0.1) is 12.4 Å². The second-order valence-corrected chi connectivity index (χ2v) is 6.24. The summed E-state index contributed by atoms with van der Waals surface area (Å²) in [6.45, 7) is 0.984. The van der Waals surface area contributed by atoms with E-state index in [0.29, 0.717) is 19.6 Å². The number of benzene rings is 1. The number of ether oxygens (including phenoxy) is 1. The molecule has 0 aliphatic carbocycles. The first kappa shape index (κ1) is 14.0. The molecule has 0 aliphatic heterocycles. The van der Waals surface area contributed by atoms with Crippen molar-refractivity contribution >= 4 is 9.84 Å². The lowest BCUT2D eigenvalue weighted by Crippen LogP contribution is -2.09. The summed E-state index contributed by atoms with van der Waals surface area (Å²) in [5.74, 6) is 0.956. The third-order valence-electron chi connectivity index (χ3n) is 2.30. The van der Waals surface area contributed by atoms with Gasteiger partial charge in [0, 0.05) is 6.26 Å². The van der Waals surface area contributed by atoms with E-state index in [-0.39, 0.29) is 5.75 Å². The molecule has 96 valence electrons. The van der Waals surface area contributed by atoms with Crippen molar-refractivity contribution in [3.8, 4) is 5.75 Å². The Morgan fingerprint density at radius 1 is 1.29 bits per heavy atom. The van der Waals surface area contributed by atoms with Crippen LogP contribution >= 0.6 is 0 Å². The predicted octanol–water partition coefficient (Wildman–Crippen LogP) is 1.00. The Balaban J connectivity index is 2.46. The summed E-state index contributed by atoms with van der Waals surface area (Å²) >= 11 is 0. The van der Waals surface area contributed by atoms with Gasteiger partial charge in [-0.3, -0.25) is 0 Å².